The van der Waals surface area contributed by atoms with Crippen LogP contribution in [0.15, 0.2) is 97.6 Å². The fourth-order valence-electron chi connectivity index (χ4n) is 8.77. The summed E-state index contributed by atoms with van der Waals surface area (Å²) in [7, 11) is 6.44. The molecule has 5 unspecified atom stereocenters. The molecule has 4 saturated carbocycles. The number of pyridine rings is 2. The lowest BCUT2D eigenvalue weighted by molar-refractivity contribution is -0.0522. The summed E-state index contributed by atoms with van der Waals surface area (Å²) in [6.45, 7) is 0. The molecule has 38 heavy (non-hydrogen) atoms. The number of benzene rings is 2. The fourth-order valence-corrected chi connectivity index (χ4v) is 10.2. The van der Waals surface area contributed by atoms with E-state index >= 15 is 0 Å². The normalized spacial score (nSPS) is 27.9. The molecule has 4 bridgehead atoms. The Kier molecular flexibility index (Phi) is 6.26. The zero-order valence-corrected chi connectivity index (χ0v) is 24.1. The van der Waals surface area contributed by atoms with Crippen LogP contribution in [0.1, 0.15) is 54.4 Å². The van der Waals surface area contributed by atoms with Gasteiger partial charge in [0.05, 0.1) is 5.16 Å². The van der Waals surface area contributed by atoms with Gasteiger partial charge in [0.25, 0.3) is 0 Å². The quantitative estimate of drug-likeness (QED) is 0.235. The Labute approximate surface area is 231 Å². The SMILES string of the molecule is PCC1C2CC3CC(C2)CC1(c1ccc(-c2ccccc2)cc1C(P)(c1cccnc1)c1cccnc1)C3. The average molecular weight is 535 g/mol. The van der Waals surface area contributed by atoms with E-state index in [1.165, 1.54) is 66.1 Å². The molecule has 2 heterocycles. The summed E-state index contributed by atoms with van der Waals surface area (Å²) in [5, 5.41) is -0.447. The van der Waals surface area contributed by atoms with E-state index in [1.54, 1.807) is 5.56 Å². The zero-order valence-electron chi connectivity index (χ0n) is 21.8. The highest BCUT2D eigenvalue weighted by Crippen LogP contribution is 2.65. The van der Waals surface area contributed by atoms with Gasteiger partial charge in [-0.2, -0.15) is 0 Å². The average Bonchev–Trinajstić information content (AvgIpc) is 2.97. The Bertz CT molecular complexity index is 1370. The Morgan fingerprint density at radius 1 is 0.763 bits per heavy atom. The fraction of sp³-hybridized carbons (Fsp3) is 0.353. The van der Waals surface area contributed by atoms with Gasteiger partial charge in [-0.05, 0) is 119 Å². The third kappa shape index (κ3) is 3.83. The molecule has 4 aliphatic rings. The van der Waals surface area contributed by atoms with Crippen molar-refractivity contribution in [3.63, 3.8) is 0 Å². The minimum atomic E-state index is -0.447. The molecule has 4 aliphatic carbocycles. The summed E-state index contributed by atoms with van der Waals surface area (Å²) >= 11 is 0. The molecule has 2 nitrogen and oxygen atoms in total. The van der Waals surface area contributed by atoms with Gasteiger partial charge in [-0.3, -0.25) is 9.97 Å². The van der Waals surface area contributed by atoms with Gasteiger partial charge in [0, 0.05) is 24.8 Å². The predicted octanol–water partition coefficient (Wildman–Crippen LogP) is 7.88. The van der Waals surface area contributed by atoms with E-state index in [-0.39, 0.29) is 5.41 Å². The zero-order chi connectivity index (χ0) is 25.7. The molecule has 4 aromatic rings. The summed E-state index contributed by atoms with van der Waals surface area (Å²) in [6.07, 6.45) is 16.0. The minimum Gasteiger partial charge on any atom is -0.264 e. The number of hydrogen-bond acceptors (Lipinski definition) is 2. The second-order valence-electron chi connectivity index (χ2n) is 12.0. The highest BCUT2D eigenvalue weighted by atomic mass is 31.0. The second-order valence-corrected chi connectivity index (χ2v) is 13.4. The van der Waals surface area contributed by atoms with Crippen LogP contribution in [0.2, 0.25) is 0 Å². The van der Waals surface area contributed by atoms with Crippen LogP contribution in [0, 0.1) is 23.7 Å². The Morgan fingerprint density at radius 2 is 1.42 bits per heavy atom. The lowest BCUT2D eigenvalue weighted by Gasteiger charge is -2.62. The van der Waals surface area contributed by atoms with Crippen LogP contribution >= 0.6 is 18.5 Å². The van der Waals surface area contributed by atoms with Crippen molar-refractivity contribution in [1.29, 1.82) is 0 Å². The molecule has 0 N–H and O–H groups in total. The van der Waals surface area contributed by atoms with Crippen LogP contribution < -0.4 is 0 Å². The molecule has 5 atom stereocenters. The molecule has 8 rings (SSSR count). The largest absolute Gasteiger partial charge is 0.264 e. The van der Waals surface area contributed by atoms with Gasteiger partial charge in [0.15, 0.2) is 0 Å². The van der Waals surface area contributed by atoms with E-state index in [1.807, 2.05) is 24.8 Å². The molecule has 4 heteroatoms. The number of rotatable bonds is 6. The van der Waals surface area contributed by atoms with Crippen molar-refractivity contribution < 1.29 is 0 Å². The van der Waals surface area contributed by atoms with E-state index in [9.17, 15) is 0 Å². The predicted molar refractivity (Wildman–Crippen MR) is 163 cm³/mol. The van der Waals surface area contributed by atoms with Crippen molar-refractivity contribution >= 4 is 18.5 Å². The number of hydrogen-bond donors (Lipinski definition) is 0. The third-order valence-electron chi connectivity index (χ3n) is 10.1. The van der Waals surface area contributed by atoms with E-state index < -0.39 is 5.16 Å². The summed E-state index contributed by atoms with van der Waals surface area (Å²) in [4.78, 5) is 9.20. The highest BCUT2D eigenvalue weighted by Gasteiger charge is 2.58. The van der Waals surface area contributed by atoms with Crippen molar-refractivity contribution in [3.8, 4) is 11.1 Å². The maximum atomic E-state index is 4.60. The van der Waals surface area contributed by atoms with Gasteiger partial charge in [0.1, 0.15) is 0 Å². The van der Waals surface area contributed by atoms with E-state index in [4.69, 9.17) is 0 Å². The summed E-state index contributed by atoms with van der Waals surface area (Å²) < 4.78 is 0. The van der Waals surface area contributed by atoms with Gasteiger partial charge >= 0.3 is 0 Å². The van der Waals surface area contributed by atoms with Crippen molar-refractivity contribution in [1.82, 2.24) is 9.97 Å². The first-order valence-electron chi connectivity index (χ1n) is 14.1. The first kappa shape index (κ1) is 24.6. The molecule has 0 aliphatic heterocycles. The standard InChI is InChI=1S/C34H36N2P2/c37-22-32-27-15-23-14-24(16-27)19-33(32,18-23)30-11-10-26(25-6-2-1-3-7-25)17-31(30)34(38,28-8-4-12-35-20-28)29-9-5-13-36-21-29/h1-13,17,20-21,23-24,27,32H,14-16,18-19,22,37-38H2. The van der Waals surface area contributed by atoms with Crippen LogP contribution in [0.5, 0.6) is 0 Å². The van der Waals surface area contributed by atoms with Crippen LogP contribution in [0.4, 0.5) is 0 Å². The highest BCUT2D eigenvalue weighted by molar-refractivity contribution is 7.19. The van der Waals surface area contributed by atoms with Crippen molar-refractivity contribution in [2.24, 2.45) is 23.7 Å². The van der Waals surface area contributed by atoms with Crippen LogP contribution in [-0.4, -0.2) is 16.1 Å². The molecule has 0 saturated heterocycles. The molecule has 2 aromatic heterocycles. The van der Waals surface area contributed by atoms with Gasteiger partial charge in [-0.15, -0.1) is 18.5 Å². The molecule has 4 fully saturated rings. The maximum Gasteiger partial charge on any atom is 0.0624 e. The van der Waals surface area contributed by atoms with Gasteiger partial charge in [-0.25, -0.2) is 0 Å². The van der Waals surface area contributed by atoms with E-state index in [0.717, 1.165) is 23.7 Å². The smallest absolute Gasteiger partial charge is 0.0624 e. The topological polar surface area (TPSA) is 25.8 Å². The first-order chi connectivity index (χ1) is 18.6. The Hall–Kier alpha value is -2.40. The second kappa shape index (κ2) is 9.66. The van der Waals surface area contributed by atoms with Crippen molar-refractivity contribution in [2.75, 3.05) is 6.16 Å². The lowest BCUT2D eigenvalue weighted by Crippen LogP contribution is -2.56. The molecule has 0 spiro atoms. The van der Waals surface area contributed by atoms with Crippen LogP contribution in [0.3, 0.4) is 0 Å². The van der Waals surface area contributed by atoms with E-state index in [2.05, 4.69) is 101 Å². The van der Waals surface area contributed by atoms with Gasteiger partial charge < -0.3 is 0 Å². The molecular weight excluding hydrogens is 498 g/mol. The first-order valence-corrected chi connectivity index (χ1v) is 15.5. The van der Waals surface area contributed by atoms with Crippen molar-refractivity contribution in [3.05, 3.63) is 120 Å². The Morgan fingerprint density at radius 3 is 2.00 bits per heavy atom. The summed E-state index contributed by atoms with van der Waals surface area (Å²) in [5.41, 5.74) is 8.11. The van der Waals surface area contributed by atoms with E-state index in [0.29, 0.717) is 0 Å². The molecule has 192 valence electrons. The number of aromatic nitrogens is 2. The van der Waals surface area contributed by atoms with Gasteiger partial charge in [0.2, 0.25) is 0 Å². The third-order valence-corrected chi connectivity index (χ3v) is 11.6. The van der Waals surface area contributed by atoms with Crippen LogP contribution in [0.25, 0.3) is 11.1 Å². The molecule has 0 amide bonds. The number of nitrogens with zero attached hydrogens (tertiary/aromatic N) is 2. The summed E-state index contributed by atoms with van der Waals surface area (Å²) in [5.74, 6) is 3.32. The molecular formula is C34H36N2P2. The monoisotopic (exact) mass is 534 g/mol. The van der Waals surface area contributed by atoms with Crippen LogP contribution in [-0.2, 0) is 10.6 Å². The summed E-state index contributed by atoms with van der Waals surface area (Å²) in [6, 6.07) is 26.9. The molecule has 0 radical (unpaired) electrons. The lowest BCUT2D eigenvalue weighted by atomic mass is 9.43. The Balaban J connectivity index is 1.52. The minimum absolute atomic E-state index is 0.229. The maximum absolute atomic E-state index is 4.60. The molecule has 2 aromatic carbocycles. The van der Waals surface area contributed by atoms with Gasteiger partial charge in [-0.1, -0.05) is 54.6 Å². The van der Waals surface area contributed by atoms with Crippen molar-refractivity contribution in [2.45, 2.75) is 42.7 Å².